The largest absolute Gasteiger partial charge is 0.417 e. The lowest BCUT2D eigenvalue weighted by Gasteiger charge is -2.17. The van der Waals surface area contributed by atoms with E-state index in [0.717, 1.165) is 12.1 Å². The quantitative estimate of drug-likeness (QED) is 0.772. The highest BCUT2D eigenvalue weighted by Crippen LogP contribution is 2.31. The monoisotopic (exact) mass is 276 g/mol. The molecule has 1 amide bonds. The lowest BCUT2D eigenvalue weighted by atomic mass is 10.1. The number of benzene rings is 1. The van der Waals surface area contributed by atoms with Gasteiger partial charge in [-0.2, -0.15) is 13.2 Å². The number of halogens is 3. The molecule has 4 nitrogen and oxygen atoms in total. The van der Waals surface area contributed by atoms with Crippen LogP contribution in [0.15, 0.2) is 24.3 Å². The van der Waals surface area contributed by atoms with Crippen LogP contribution in [-0.2, 0) is 6.18 Å². The maximum Gasteiger partial charge on any atom is 0.417 e. The third kappa shape index (κ3) is 4.22. The summed E-state index contributed by atoms with van der Waals surface area (Å²) >= 11 is 0. The van der Waals surface area contributed by atoms with E-state index in [-0.39, 0.29) is 6.54 Å². The van der Waals surface area contributed by atoms with Gasteiger partial charge in [-0.1, -0.05) is 12.1 Å². The maximum atomic E-state index is 12.7. The Kier molecular flexibility index (Phi) is 4.90. The molecule has 19 heavy (non-hydrogen) atoms. The van der Waals surface area contributed by atoms with Crippen LogP contribution in [0.3, 0.4) is 0 Å². The Hall–Kier alpha value is -1.60. The summed E-state index contributed by atoms with van der Waals surface area (Å²) < 4.78 is 38.1. The van der Waals surface area contributed by atoms with Gasteiger partial charge in [0.25, 0.3) is 5.91 Å². The number of carbonyl (C=O) groups is 1. The Morgan fingerprint density at radius 3 is 2.53 bits per heavy atom. The van der Waals surface area contributed by atoms with Gasteiger partial charge >= 0.3 is 6.18 Å². The SMILES string of the molecule is CC(O)C(N)CNC(=O)c1ccccc1C(F)(F)F. The topological polar surface area (TPSA) is 75.3 Å². The van der Waals surface area contributed by atoms with Crippen LogP contribution in [0.1, 0.15) is 22.8 Å². The third-order valence-corrected chi connectivity index (χ3v) is 2.60. The molecule has 0 fully saturated rings. The van der Waals surface area contributed by atoms with Gasteiger partial charge in [-0.15, -0.1) is 0 Å². The molecule has 0 aliphatic carbocycles. The first-order chi connectivity index (χ1) is 8.73. The molecular weight excluding hydrogens is 261 g/mol. The van der Waals surface area contributed by atoms with Crippen molar-refractivity contribution in [2.75, 3.05) is 6.54 Å². The van der Waals surface area contributed by atoms with Crippen LogP contribution in [-0.4, -0.2) is 29.7 Å². The fraction of sp³-hybridized carbons (Fsp3) is 0.417. The lowest BCUT2D eigenvalue weighted by Crippen LogP contribution is -2.43. The van der Waals surface area contributed by atoms with Gasteiger partial charge < -0.3 is 16.2 Å². The Bertz CT molecular complexity index is 447. The second-order valence-corrected chi connectivity index (χ2v) is 4.16. The van der Waals surface area contributed by atoms with Gasteiger partial charge in [0.15, 0.2) is 0 Å². The minimum atomic E-state index is -4.60. The zero-order valence-corrected chi connectivity index (χ0v) is 10.2. The van der Waals surface area contributed by atoms with E-state index in [9.17, 15) is 18.0 Å². The average Bonchev–Trinajstić information content (AvgIpc) is 2.34. The van der Waals surface area contributed by atoms with Crippen LogP contribution in [0, 0.1) is 0 Å². The van der Waals surface area contributed by atoms with Crippen molar-refractivity contribution in [1.82, 2.24) is 5.32 Å². The molecule has 0 bridgehead atoms. The van der Waals surface area contributed by atoms with Crippen LogP contribution < -0.4 is 11.1 Å². The minimum absolute atomic E-state index is 0.108. The number of amides is 1. The highest BCUT2D eigenvalue weighted by atomic mass is 19.4. The summed E-state index contributed by atoms with van der Waals surface area (Å²) in [5, 5.41) is 11.4. The average molecular weight is 276 g/mol. The molecule has 4 N–H and O–H groups in total. The van der Waals surface area contributed by atoms with Crippen LogP contribution in [0.2, 0.25) is 0 Å². The summed E-state index contributed by atoms with van der Waals surface area (Å²) in [5.41, 5.74) is 4.01. The van der Waals surface area contributed by atoms with Crippen LogP contribution >= 0.6 is 0 Å². The van der Waals surface area contributed by atoms with Gasteiger partial charge in [0.2, 0.25) is 0 Å². The smallest absolute Gasteiger partial charge is 0.392 e. The summed E-state index contributed by atoms with van der Waals surface area (Å²) in [4.78, 5) is 11.7. The Morgan fingerprint density at radius 1 is 1.42 bits per heavy atom. The zero-order valence-electron chi connectivity index (χ0n) is 10.2. The van der Waals surface area contributed by atoms with Gasteiger partial charge in [0.05, 0.1) is 17.2 Å². The number of nitrogens with one attached hydrogen (secondary N) is 1. The van der Waals surface area contributed by atoms with Crippen molar-refractivity contribution in [3.05, 3.63) is 35.4 Å². The lowest BCUT2D eigenvalue weighted by molar-refractivity contribution is -0.137. The third-order valence-electron chi connectivity index (χ3n) is 2.60. The van der Waals surface area contributed by atoms with E-state index in [4.69, 9.17) is 10.8 Å². The van der Waals surface area contributed by atoms with Crippen molar-refractivity contribution >= 4 is 5.91 Å². The second-order valence-electron chi connectivity index (χ2n) is 4.16. The number of carbonyl (C=O) groups excluding carboxylic acids is 1. The normalized spacial score (nSPS) is 14.8. The number of aliphatic hydroxyl groups excluding tert-OH is 1. The van der Waals surface area contributed by atoms with E-state index in [0.29, 0.717) is 0 Å². The van der Waals surface area contributed by atoms with E-state index in [2.05, 4.69) is 5.32 Å². The van der Waals surface area contributed by atoms with Gasteiger partial charge in [-0.05, 0) is 19.1 Å². The summed E-state index contributed by atoms with van der Waals surface area (Å²) in [6.45, 7) is 1.32. The van der Waals surface area contributed by atoms with E-state index >= 15 is 0 Å². The molecule has 0 spiro atoms. The van der Waals surface area contributed by atoms with E-state index < -0.39 is 35.4 Å². The fourth-order valence-electron chi connectivity index (χ4n) is 1.40. The highest BCUT2D eigenvalue weighted by Gasteiger charge is 2.34. The molecule has 1 aromatic rings. The molecular formula is C12H15F3N2O2. The predicted octanol–water partition coefficient (Wildman–Crippen LogP) is 1.14. The number of hydrogen-bond donors (Lipinski definition) is 3. The summed E-state index contributed by atoms with van der Waals surface area (Å²) in [6.07, 6.45) is -5.46. The van der Waals surface area contributed by atoms with Gasteiger partial charge in [-0.3, -0.25) is 4.79 Å². The molecule has 0 heterocycles. The molecule has 0 saturated heterocycles. The summed E-state index contributed by atoms with van der Waals surface area (Å²) in [7, 11) is 0. The Morgan fingerprint density at radius 2 is 2.00 bits per heavy atom. The molecule has 2 unspecified atom stereocenters. The van der Waals surface area contributed by atoms with E-state index in [1.54, 1.807) is 0 Å². The first-order valence-electron chi connectivity index (χ1n) is 5.61. The van der Waals surface area contributed by atoms with Gasteiger partial charge in [-0.25, -0.2) is 0 Å². The standard InChI is InChI=1S/C12H15F3N2O2/c1-7(18)10(16)6-17-11(19)8-4-2-3-5-9(8)12(13,14)15/h2-5,7,10,18H,6,16H2,1H3,(H,17,19). The molecule has 1 rings (SSSR count). The molecule has 1 aromatic carbocycles. The Labute approximate surface area is 108 Å². The second kappa shape index (κ2) is 6.03. The van der Waals surface area contributed by atoms with Crippen molar-refractivity contribution in [1.29, 1.82) is 0 Å². The molecule has 2 atom stereocenters. The predicted molar refractivity (Wildman–Crippen MR) is 63.4 cm³/mol. The summed E-state index contributed by atoms with van der Waals surface area (Å²) in [5.74, 6) is -0.871. The zero-order chi connectivity index (χ0) is 14.6. The van der Waals surface area contributed by atoms with Crippen LogP contribution in [0.5, 0.6) is 0 Å². The van der Waals surface area contributed by atoms with Crippen molar-refractivity contribution < 1.29 is 23.1 Å². The Balaban J connectivity index is 2.83. The highest BCUT2D eigenvalue weighted by molar-refractivity contribution is 5.95. The minimum Gasteiger partial charge on any atom is -0.392 e. The number of alkyl halides is 3. The number of rotatable bonds is 4. The maximum absolute atomic E-state index is 12.7. The first kappa shape index (κ1) is 15.5. The first-order valence-corrected chi connectivity index (χ1v) is 5.61. The van der Waals surface area contributed by atoms with E-state index in [1.807, 2.05) is 0 Å². The van der Waals surface area contributed by atoms with Crippen molar-refractivity contribution in [3.63, 3.8) is 0 Å². The van der Waals surface area contributed by atoms with Gasteiger partial charge in [0.1, 0.15) is 0 Å². The van der Waals surface area contributed by atoms with Gasteiger partial charge in [0, 0.05) is 12.6 Å². The number of hydrogen-bond acceptors (Lipinski definition) is 3. The molecule has 0 aromatic heterocycles. The molecule has 0 saturated carbocycles. The molecule has 0 radical (unpaired) electrons. The van der Waals surface area contributed by atoms with Crippen molar-refractivity contribution in [2.45, 2.75) is 25.2 Å². The summed E-state index contributed by atoms with van der Waals surface area (Å²) in [6, 6.07) is 3.75. The molecule has 0 aliphatic heterocycles. The van der Waals surface area contributed by atoms with Crippen LogP contribution in [0.4, 0.5) is 13.2 Å². The number of nitrogens with two attached hydrogens (primary N) is 1. The number of aliphatic hydroxyl groups is 1. The fourth-order valence-corrected chi connectivity index (χ4v) is 1.40. The molecule has 7 heteroatoms. The molecule has 0 aliphatic rings. The van der Waals surface area contributed by atoms with Crippen molar-refractivity contribution in [3.8, 4) is 0 Å². The van der Waals surface area contributed by atoms with Crippen molar-refractivity contribution in [2.24, 2.45) is 5.73 Å². The van der Waals surface area contributed by atoms with Crippen LogP contribution in [0.25, 0.3) is 0 Å². The van der Waals surface area contributed by atoms with E-state index in [1.165, 1.54) is 19.1 Å². The molecule has 106 valence electrons.